The van der Waals surface area contributed by atoms with Gasteiger partial charge < -0.3 is 14.6 Å². The summed E-state index contributed by atoms with van der Waals surface area (Å²) in [6, 6.07) is 7.30. The monoisotopic (exact) mass is 342 g/mol. The molecule has 0 atom stereocenters. The fourth-order valence-electron chi connectivity index (χ4n) is 2.63. The molecule has 0 aliphatic carbocycles. The Morgan fingerprint density at radius 1 is 1.32 bits per heavy atom. The summed E-state index contributed by atoms with van der Waals surface area (Å²) in [4.78, 5) is 24.2. The van der Waals surface area contributed by atoms with Gasteiger partial charge in [-0.3, -0.25) is 4.79 Å². The molecular formula is C18H18N2O5. The Kier molecular flexibility index (Phi) is 4.08. The lowest BCUT2D eigenvalue weighted by Gasteiger charge is -2.31. The van der Waals surface area contributed by atoms with Crippen LogP contribution in [0.2, 0.25) is 0 Å². The van der Waals surface area contributed by atoms with Crippen LogP contribution in [0.1, 0.15) is 36.7 Å². The molecule has 0 amide bonds. The first-order valence-corrected chi connectivity index (χ1v) is 7.84. The molecule has 7 heteroatoms. The summed E-state index contributed by atoms with van der Waals surface area (Å²) < 4.78 is 12.0. The molecule has 0 unspecified atom stereocenters. The van der Waals surface area contributed by atoms with Crippen molar-refractivity contribution < 1.29 is 19.4 Å². The highest BCUT2D eigenvalue weighted by Gasteiger charge is 2.29. The molecule has 130 valence electrons. The minimum absolute atomic E-state index is 0.260. The van der Waals surface area contributed by atoms with Gasteiger partial charge in [-0.25, -0.2) is 4.79 Å². The van der Waals surface area contributed by atoms with Gasteiger partial charge in [0, 0.05) is 17.7 Å². The van der Waals surface area contributed by atoms with Crippen molar-refractivity contribution in [3.63, 3.8) is 0 Å². The average molecular weight is 342 g/mol. The number of hydrogen-bond acceptors (Lipinski definition) is 6. The third-order valence-electron chi connectivity index (χ3n) is 3.64. The van der Waals surface area contributed by atoms with E-state index >= 15 is 0 Å². The first-order valence-electron chi connectivity index (χ1n) is 7.84. The van der Waals surface area contributed by atoms with E-state index in [1.807, 2.05) is 13.8 Å². The molecule has 2 aromatic rings. The van der Waals surface area contributed by atoms with E-state index in [2.05, 4.69) is 5.10 Å². The van der Waals surface area contributed by atoms with Crippen LogP contribution in [0.3, 0.4) is 0 Å². The Morgan fingerprint density at radius 2 is 2.08 bits per heavy atom. The van der Waals surface area contributed by atoms with E-state index < -0.39 is 17.1 Å². The molecule has 0 spiro atoms. The van der Waals surface area contributed by atoms with Crippen LogP contribution in [0.4, 0.5) is 0 Å². The lowest BCUT2D eigenvalue weighted by molar-refractivity contribution is 0.0526. The smallest absolute Gasteiger partial charge is 0.338 e. The van der Waals surface area contributed by atoms with Gasteiger partial charge in [0.25, 0.3) is 5.56 Å². The summed E-state index contributed by atoms with van der Waals surface area (Å²) in [5.41, 5.74) is 0.181. The number of rotatable bonds is 3. The van der Waals surface area contributed by atoms with Gasteiger partial charge in [-0.1, -0.05) is 0 Å². The van der Waals surface area contributed by atoms with E-state index in [9.17, 15) is 14.7 Å². The molecular weight excluding hydrogens is 324 g/mol. The molecule has 0 saturated heterocycles. The molecule has 0 radical (unpaired) electrons. The number of fused-ring (bicyclic) bond motifs is 1. The standard InChI is InChI=1S/C18H18N2O5/c1-4-24-17(23)11-5-6-14-12(9-11)13(10-18(2,3)25-14)20-16(22)8-7-15(21)19-20/h5-10H,4H2,1-3H3,(H,19,21). The third-order valence-corrected chi connectivity index (χ3v) is 3.64. The fraction of sp³-hybridized carbons (Fsp3) is 0.278. The molecule has 0 saturated carbocycles. The van der Waals surface area contributed by atoms with Crippen LogP contribution in [-0.4, -0.2) is 33.1 Å². The molecule has 0 fully saturated rings. The summed E-state index contributed by atoms with van der Waals surface area (Å²) in [6.45, 7) is 5.66. The minimum atomic E-state index is -0.694. The molecule has 2 heterocycles. The van der Waals surface area contributed by atoms with Gasteiger partial charge in [-0.15, -0.1) is 5.10 Å². The maximum Gasteiger partial charge on any atom is 0.338 e. The van der Waals surface area contributed by atoms with Gasteiger partial charge in [0.1, 0.15) is 11.4 Å². The normalized spacial score (nSPS) is 14.9. The number of nitrogens with zero attached hydrogens (tertiary/aromatic N) is 2. The Balaban J connectivity index is 2.20. The van der Waals surface area contributed by atoms with Crippen LogP contribution in [0.25, 0.3) is 5.70 Å². The molecule has 1 N–H and O–H groups in total. The number of hydrogen-bond donors (Lipinski definition) is 1. The number of aromatic hydroxyl groups is 1. The van der Waals surface area contributed by atoms with Crippen molar-refractivity contribution in [3.05, 3.63) is 57.9 Å². The molecule has 25 heavy (non-hydrogen) atoms. The Morgan fingerprint density at radius 3 is 2.80 bits per heavy atom. The second kappa shape index (κ2) is 6.08. The number of carbonyl (C=O) groups excluding carboxylic acids is 1. The lowest BCUT2D eigenvalue weighted by Crippen LogP contribution is -2.33. The minimum Gasteiger partial charge on any atom is -0.492 e. The first-order chi connectivity index (χ1) is 11.8. The first kappa shape index (κ1) is 16.8. The Bertz CT molecular complexity index is 927. The van der Waals surface area contributed by atoms with Crippen LogP contribution in [0, 0.1) is 0 Å². The van der Waals surface area contributed by atoms with Gasteiger partial charge in [-0.05, 0) is 45.0 Å². The number of esters is 1. The van der Waals surface area contributed by atoms with E-state index in [-0.39, 0.29) is 12.5 Å². The number of benzene rings is 1. The van der Waals surface area contributed by atoms with E-state index in [0.29, 0.717) is 22.6 Å². The zero-order valence-electron chi connectivity index (χ0n) is 14.1. The second-order valence-corrected chi connectivity index (χ2v) is 6.11. The predicted octanol–water partition coefficient (Wildman–Crippen LogP) is 2.19. The van der Waals surface area contributed by atoms with Crippen LogP contribution >= 0.6 is 0 Å². The van der Waals surface area contributed by atoms with Gasteiger partial charge >= 0.3 is 5.97 Å². The summed E-state index contributed by atoms with van der Waals surface area (Å²) in [5.74, 6) is -0.244. The maximum atomic E-state index is 12.2. The van der Waals surface area contributed by atoms with Gasteiger partial charge in [0.05, 0.1) is 17.9 Å². The van der Waals surface area contributed by atoms with Crippen LogP contribution in [-0.2, 0) is 4.74 Å². The third kappa shape index (κ3) is 3.26. The molecule has 3 rings (SSSR count). The van der Waals surface area contributed by atoms with Crippen molar-refractivity contribution in [2.45, 2.75) is 26.4 Å². The Hall–Kier alpha value is -3.09. The van der Waals surface area contributed by atoms with Crippen molar-refractivity contribution in [1.29, 1.82) is 0 Å². The summed E-state index contributed by atoms with van der Waals surface area (Å²) >= 11 is 0. The summed E-state index contributed by atoms with van der Waals surface area (Å²) in [5, 5.41) is 13.5. The van der Waals surface area contributed by atoms with Crippen LogP contribution < -0.4 is 10.3 Å². The Labute approximate surface area is 144 Å². The zero-order valence-corrected chi connectivity index (χ0v) is 14.1. The van der Waals surface area contributed by atoms with Crippen molar-refractivity contribution in [1.82, 2.24) is 9.78 Å². The highest BCUT2D eigenvalue weighted by molar-refractivity contribution is 5.91. The SMILES string of the molecule is CCOC(=O)c1ccc2c(c1)C(n1nc(O)ccc1=O)=CC(C)(C)O2. The van der Waals surface area contributed by atoms with Crippen LogP contribution in [0.15, 0.2) is 41.2 Å². The summed E-state index contributed by atoms with van der Waals surface area (Å²) in [6.07, 6.45) is 1.72. The van der Waals surface area contributed by atoms with Gasteiger partial charge in [0.2, 0.25) is 5.88 Å². The van der Waals surface area contributed by atoms with E-state index in [4.69, 9.17) is 9.47 Å². The largest absolute Gasteiger partial charge is 0.492 e. The van der Waals surface area contributed by atoms with E-state index in [1.165, 1.54) is 12.1 Å². The lowest BCUT2D eigenvalue weighted by atomic mass is 9.97. The predicted molar refractivity (Wildman–Crippen MR) is 90.6 cm³/mol. The van der Waals surface area contributed by atoms with Crippen molar-refractivity contribution in [2.24, 2.45) is 0 Å². The zero-order chi connectivity index (χ0) is 18.2. The fourth-order valence-corrected chi connectivity index (χ4v) is 2.63. The number of ether oxygens (including phenoxy) is 2. The molecule has 1 aliphatic heterocycles. The topological polar surface area (TPSA) is 90.7 Å². The van der Waals surface area contributed by atoms with E-state index in [0.717, 1.165) is 4.68 Å². The number of carbonyl (C=O) groups is 1. The maximum absolute atomic E-state index is 12.2. The van der Waals surface area contributed by atoms with Gasteiger partial charge in [0.15, 0.2) is 0 Å². The van der Waals surface area contributed by atoms with Crippen molar-refractivity contribution >= 4 is 11.7 Å². The van der Waals surface area contributed by atoms with Crippen molar-refractivity contribution in [2.75, 3.05) is 6.61 Å². The summed E-state index contributed by atoms with van der Waals surface area (Å²) in [7, 11) is 0. The van der Waals surface area contributed by atoms with Gasteiger partial charge in [-0.2, -0.15) is 4.68 Å². The highest BCUT2D eigenvalue weighted by atomic mass is 16.5. The second-order valence-electron chi connectivity index (χ2n) is 6.11. The van der Waals surface area contributed by atoms with E-state index in [1.54, 1.807) is 31.2 Å². The molecule has 1 aliphatic rings. The molecule has 0 bridgehead atoms. The molecule has 1 aromatic heterocycles. The highest BCUT2D eigenvalue weighted by Crippen LogP contribution is 2.36. The average Bonchev–Trinajstić information content (AvgIpc) is 2.55. The molecule has 1 aromatic carbocycles. The van der Waals surface area contributed by atoms with Crippen molar-refractivity contribution in [3.8, 4) is 11.6 Å². The quantitative estimate of drug-likeness (QED) is 0.860. The molecule has 7 nitrogen and oxygen atoms in total. The van der Waals surface area contributed by atoms with Crippen LogP contribution in [0.5, 0.6) is 11.6 Å². The number of aromatic nitrogens is 2.